The zero-order chi connectivity index (χ0) is 9.68. The van der Waals surface area contributed by atoms with Crippen molar-refractivity contribution in [1.82, 2.24) is 20.1 Å². The van der Waals surface area contributed by atoms with E-state index in [4.69, 9.17) is 5.73 Å². The molecule has 0 saturated carbocycles. The van der Waals surface area contributed by atoms with Gasteiger partial charge in [-0.25, -0.2) is 9.67 Å². The first-order valence-corrected chi connectivity index (χ1v) is 4.55. The van der Waals surface area contributed by atoms with Crippen LogP contribution in [-0.4, -0.2) is 27.9 Å². The molecule has 0 bridgehead atoms. The van der Waals surface area contributed by atoms with Crippen LogP contribution in [0, 0.1) is 0 Å². The van der Waals surface area contributed by atoms with Gasteiger partial charge in [-0.15, -0.1) is 0 Å². The first kappa shape index (κ1) is 10.1. The number of nitrogens with one attached hydrogen (secondary N) is 1. The summed E-state index contributed by atoms with van der Waals surface area (Å²) in [5.41, 5.74) is 5.36. The summed E-state index contributed by atoms with van der Waals surface area (Å²) in [4.78, 5) is 4.16. The third-order valence-corrected chi connectivity index (χ3v) is 1.74. The van der Waals surface area contributed by atoms with Gasteiger partial charge in [0.05, 0.1) is 6.54 Å². The molecule has 0 spiro atoms. The number of nitrogens with zero attached hydrogens (tertiary/aromatic N) is 3. The molecule has 0 atom stereocenters. The van der Waals surface area contributed by atoms with Gasteiger partial charge in [0.15, 0.2) is 0 Å². The lowest BCUT2D eigenvalue weighted by atomic mass is 10.4. The van der Waals surface area contributed by atoms with Crippen molar-refractivity contribution < 1.29 is 0 Å². The molecule has 1 aromatic heterocycles. The Morgan fingerprint density at radius 3 is 3.00 bits per heavy atom. The molecule has 0 unspecified atom stereocenters. The van der Waals surface area contributed by atoms with Gasteiger partial charge in [0.25, 0.3) is 0 Å². The lowest BCUT2D eigenvalue weighted by molar-refractivity contribution is 0.491. The average molecular weight is 183 g/mol. The van der Waals surface area contributed by atoms with Gasteiger partial charge in [0, 0.05) is 19.1 Å². The summed E-state index contributed by atoms with van der Waals surface area (Å²) in [6.45, 7) is 6.36. The highest BCUT2D eigenvalue weighted by Gasteiger charge is 2.05. The summed E-state index contributed by atoms with van der Waals surface area (Å²) in [7, 11) is 0. The molecule has 13 heavy (non-hydrogen) atoms. The molecule has 0 radical (unpaired) electrons. The quantitative estimate of drug-likeness (QED) is 0.626. The molecule has 0 fully saturated rings. The Morgan fingerprint density at radius 2 is 2.38 bits per heavy atom. The lowest BCUT2D eigenvalue weighted by Crippen LogP contribution is -2.24. The van der Waals surface area contributed by atoms with E-state index in [0.717, 1.165) is 18.9 Å². The van der Waals surface area contributed by atoms with Gasteiger partial charge < -0.3 is 11.1 Å². The van der Waals surface area contributed by atoms with Gasteiger partial charge in [-0.1, -0.05) is 0 Å². The second-order valence-electron chi connectivity index (χ2n) is 3.18. The van der Waals surface area contributed by atoms with Crippen LogP contribution < -0.4 is 11.1 Å². The van der Waals surface area contributed by atoms with Gasteiger partial charge in [-0.2, -0.15) is 5.10 Å². The molecule has 1 heterocycles. The van der Waals surface area contributed by atoms with Crippen LogP contribution >= 0.6 is 0 Å². The van der Waals surface area contributed by atoms with Crippen molar-refractivity contribution in [2.45, 2.75) is 26.4 Å². The number of aromatic nitrogens is 3. The predicted molar refractivity (Wildman–Crippen MR) is 51.2 cm³/mol. The summed E-state index contributed by atoms with van der Waals surface area (Å²) >= 11 is 0. The predicted octanol–water partition coefficient (Wildman–Crippen LogP) is -0.0927. The van der Waals surface area contributed by atoms with Crippen molar-refractivity contribution >= 4 is 0 Å². The molecule has 5 nitrogen and oxygen atoms in total. The molecule has 3 N–H and O–H groups in total. The molecule has 5 heteroatoms. The fraction of sp³-hybridized carbons (Fsp3) is 0.750. The minimum absolute atomic E-state index is 0.358. The average Bonchev–Trinajstić information content (AvgIpc) is 2.53. The fourth-order valence-corrected chi connectivity index (χ4v) is 1.13. The molecule has 0 aliphatic rings. The van der Waals surface area contributed by atoms with E-state index in [1.54, 1.807) is 6.33 Å². The summed E-state index contributed by atoms with van der Waals surface area (Å²) in [5.74, 6) is 0.962. The van der Waals surface area contributed by atoms with Crippen molar-refractivity contribution in [2.24, 2.45) is 5.73 Å². The Kier molecular flexibility index (Phi) is 3.85. The third kappa shape index (κ3) is 2.78. The van der Waals surface area contributed by atoms with Crippen LogP contribution in [-0.2, 0) is 6.54 Å². The van der Waals surface area contributed by atoms with E-state index in [1.807, 2.05) is 4.68 Å². The van der Waals surface area contributed by atoms with E-state index in [9.17, 15) is 0 Å². The molecule has 74 valence electrons. The van der Waals surface area contributed by atoms with Gasteiger partial charge in [-0.05, 0) is 13.8 Å². The van der Waals surface area contributed by atoms with Crippen molar-refractivity contribution in [3.05, 3.63) is 12.2 Å². The standard InChI is InChI=1S/C8H17N5/c1-7(2)13-8(11-6-12-13)5-10-4-3-9/h6-7,10H,3-5,9H2,1-2H3. The second kappa shape index (κ2) is 4.94. The Bertz CT molecular complexity index is 242. The van der Waals surface area contributed by atoms with Crippen LogP contribution in [0.15, 0.2) is 6.33 Å². The van der Waals surface area contributed by atoms with E-state index in [-0.39, 0.29) is 0 Å². The molecule has 0 saturated heterocycles. The first-order valence-electron chi connectivity index (χ1n) is 4.55. The zero-order valence-electron chi connectivity index (χ0n) is 8.20. The number of hydrogen-bond acceptors (Lipinski definition) is 4. The summed E-state index contributed by atoms with van der Waals surface area (Å²) < 4.78 is 1.91. The Labute approximate surface area is 78.3 Å². The van der Waals surface area contributed by atoms with Crippen LogP contribution in [0.2, 0.25) is 0 Å². The van der Waals surface area contributed by atoms with Gasteiger partial charge in [0.2, 0.25) is 0 Å². The van der Waals surface area contributed by atoms with E-state index in [1.165, 1.54) is 0 Å². The molecule has 1 aromatic rings. The Hall–Kier alpha value is -0.940. The Balaban J connectivity index is 2.50. The molecule has 0 aliphatic carbocycles. The maximum absolute atomic E-state index is 5.36. The van der Waals surface area contributed by atoms with Crippen LogP contribution in [0.3, 0.4) is 0 Å². The summed E-state index contributed by atoms with van der Waals surface area (Å²) in [6.07, 6.45) is 1.58. The SMILES string of the molecule is CC(C)n1ncnc1CNCCN. The van der Waals surface area contributed by atoms with Gasteiger partial charge in [0.1, 0.15) is 12.2 Å². The highest BCUT2D eigenvalue weighted by atomic mass is 15.3. The fourth-order valence-electron chi connectivity index (χ4n) is 1.13. The van der Waals surface area contributed by atoms with E-state index >= 15 is 0 Å². The summed E-state index contributed by atoms with van der Waals surface area (Å²) in [5, 5.41) is 7.31. The molecule has 0 aliphatic heterocycles. The maximum atomic E-state index is 5.36. The molecular formula is C8H17N5. The Morgan fingerprint density at radius 1 is 1.62 bits per heavy atom. The van der Waals surface area contributed by atoms with Crippen molar-refractivity contribution in [2.75, 3.05) is 13.1 Å². The molecule has 0 amide bonds. The van der Waals surface area contributed by atoms with Crippen LogP contribution in [0.4, 0.5) is 0 Å². The number of rotatable bonds is 5. The van der Waals surface area contributed by atoms with E-state index in [2.05, 4.69) is 29.2 Å². The maximum Gasteiger partial charge on any atom is 0.141 e. The smallest absolute Gasteiger partial charge is 0.141 e. The minimum atomic E-state index is 0.358. The monoisotopic (exact) mass is 183 g/mol. The minimum Gasteiger partial charge on any atom is -0.329 e. The number of hydrogen-bond donors (Lipinski definition) is 2. The normalized spacial score (nSPS) is 11.1. The topological polar surface area (TPSA) is 68.8 Å². The molecule has 1 rings (SSSR count). The first-order chi connectivity index (χ1) is 6.25. The lowest BCUT2D eigenvalue weighted by Gasteiger charge is -2.09. The van der Waals surface area contributed by atoms with E-state index < -0.39 is 0 Å². The highest BCUT2D eigenvalue weighted by molar-refractivity contribution is 4.85. The van der Waals surface area contributed by atoms with E-state index in [0.29, 0.717) is 12.6 Å². The molecular weight excluding hydrogens is 166 g/mol. The molecule has 0 aromatic carbocycles. The largest absolute Gasteiger partial charge is 0.329 e. The highest BCUT2D eigenvalue weighted by Crippen LogP contribution is 2.04. The van der Waals surface area contributed by atoms with Crippen molar-refractivity contribution in [3.8, 4) is 0 Å². The van der Waals surface area contributed by atoms with Gasteiger partial charge >= 0.3 is 0 Å². The third-order valence-electron chi connectivity index (χ3n) is 1.74. The van der Waals surface area contributed by atoms with Crippen molar-refractivity contribution in [3.63, 3.8) is 0 Å². The van der Waals surface area contributed by atoms with Crippen molar-refractivity contribution in [1.29, 1.82) is 0 Å². The van der Waals surface area contributed by atoms with Crippen LogP contribution in [0.1, 0.15) is 25.7 Å². The number of nitrogens with two attached hydrogens (primary N) is 1. The summed E-state index contributed by atoms with van der Waals surface area (Å²) in [6, 6.07) is 0.358. The second-order valence-corrected chi connectivity index (χ2v) is 3.18. The van der Waals surface area contributed by atoms with Gasteiger partial charge in [-0.3, -0.25) is 0 Å². The zero-order valence-corrected chi connectivity index (χ0v) is 8.20. The van der Waals surface area contributed by atoms with Crippen LogP contribution in [0.25, 0.3) is 0 Å². The van der Waals surface area contributed by atoms with Crippen LogP contribution in [0.5, 0.6) is 0 Å².